The Morgan fingerprint density at radius 3 is 2.50 bits per heavy atom. The highest BCUT2D eigenvalue weighted by atomic mass is 79.9. The van der Waals surface area contributed by atoms with E-state index in [-0.39, 0.29) is 5.82 Å². The van der Waals surface area contributed by atoms with E-state index in [1.54, 1.807) is 0 Å². The Balaban J connectivity index is 2.12. The Labute approximate surface area is 113 Å². The second-order valence-electron chi connectivity index (χ2n) is 4.47. The third-order valence-corrected chi connectivity index (χ3v) is 5.21. The van der Waals surface area contributed by atoms with Gasteiger partial charge in [0.1, 0.15) is 5.82 Å². The summed E-state index contributed by atoms with van der Waals surface area (Å²) in [6, 6.07) is 5.31. The first-order valence-electron chi connectivity index (χ1n) is 5.77. The normalized spacial score (nSPS) is 19.7. The molecule has 1 atom stereocenters. The SMILES string of the molecule is Fc1ccc(C(Br)C2CCCCC2)cc1Br. The number of rotatable bonds is 2. The second-order valence-corrected chi connectivity index (χ2v) is 6.31. The van der Waals surface area contributed by atoms with Gasteiger partial charge in [-0.15, -0.1) is 0 Å². The van der Waals surface area contributed by atoms with E-state index in [1.165, 1.54) is 43.7 Å². The highest BCUT2D eigenvalue weighted by molar-refractivity contribution is 9.10. The van der Waals surface area contributed by atoms with E-state index in [9.17, 15) is 4.39 Å². The van der Waals surface area contributed by atoms with E-state index in [2.05, 4.69) is 31.9 Å². The lowest BCUT2D eigenvalue weighted by molar-refractivity contribution is 0.354. The van der Waals surface area contributed by atoms with Gasteiger partial charge in [-0.2, -0.15) is 0 Å². The minimum atomic E-state index is -0.188. The summed E-state index contributed by atoms with van der Waals surface area (Å²) in [5.74, 6) is 0.512. The first kappa shape index (κ1) is 12.6. The van der Waals surface area contributed by atoms with Crippen molar-refractivity contribution in [1.29, 1.82) is 0 Å². The zero-order chi connectivity index (χ0) is 11.5. The van der Waals surface area contributed by atoms with Gasteiger partial charge in [0.05, 0.1) is 4.47 Å². The van der Waals surface area contributed by atoms with Gasteiger partial charge < -0.3 is 0 Å². The van der Waals surface area contributed by atoms with Crippen LogP contribution in [0.2, 0.25) is 0 Å². The molecule has 16 heavy (non-hydrogen) atoms. The van der Waals surface area contributed by atoms with Crippen LogP contribution in [0.3, 0.4) is 0 Å². The summed E-state index contributed by atoms with van der Waals surface area (Å²) in [4.78, 5) is 0.365. The van der Waals surface area contributed by atoms with Gasteiger partial charge in [0.15, 0.2) is 0 Å². The number of halogens is 3. The number of alkyl halides is 1. The van der Waals surface area contributed by atoms with Crippen LogP contribution >= 0.6 is 31.9 Å². The van der Waals surface area contributed by atoms with Crippen LogP contribution in [0.1, 0.15) is 42.5 Å². The summed E-state index contributed by atoms with van der Waals surface area (Å²) >= 11 is 7.01. The Hall–Kier alpha value is 0.110. The molecule has 0 N–H and O–H groups in total. The van der Waals surface area contributed by atoms with Crippen molar-refractivity contribution < 1.29 is 4.39 Å². The average Bonchev–Trinajstić information content (AvgIpc) is 2.33. The molecule has 3 heteroatoms. The molecule has 1 aliphatic rings. The maximum atomic E-state index is 13.1. The van der Waals surface area contributed by atoms with E-state index < -0.39 is 0 Å². The maximum Gasteiger partial charge on any atom is 0.137 e. The summed E-state index contributed by atoms with van der Waals surface area (Å²) < 4.78 is 13.7. The molecular formula is C13H15Br2F. The van der Waals surface area contributed by atoms with Gasteiger partial charge in [-0.25, -0.2) is 4.39 Å². The molecule has 1 unspecified atom stereocenters. The van der Waals surface area contributed by atoms with Gasteiger partial charge in [-0.3, -0.25) is 0 Å². The van der Waals surface area contributed by atoms with Crippen molar-refractivity contribution in [3.05, 3.63) is 34.1 Å². The van der Waals surface area contributed by atoms with Gasteiger partial charge in [0, 0.05) is 4.83 Å². The molecule has 0 aromatic heterocycles. The molecule has 88 valence electrons. The molecule has 0 aliphatic heterocycles. The first-order valence-corrected chi connectivity index (χ1v) is 7.48. The van der Waals surface area contributed by atoms with E-state index in [0.717, 1.165) is 0 Å². The quantitative estimate of drug-likeness (QED) is 0.609. The molecule has 1 aromatic carbocycles. The molecule has 1 fully saturated rings. The molecule has 0 bridgehead atoms. The van der Waals surface area contributed by atoms with Crippen LogP contribution < -0.4 is 0 Å². The molecule has 0 radical (unpaired) electrons. The standard InChI is InChI=1S/C13H15Br2F/c14-11-8-10(6-7-12(11)16)13(15)9-4-2-1-3-5-9/h6-9,13H,1-5H2. The van der Waals surface area contributed by atoms with Crippen molar-refractivity contribution in [2.24, 2.45) is 5.92 Å². The Morgan fingerprint density at radius 1 is 1.19 bits per heavy atom. The van der Waals surface area contributed by atoms with Gasteiger partial charge in [0.25, 0.3) is 0 Å². The fourth-order valence-corrected chi connectivity index (χ4v) is 3.59. The molecule has 0 spiro atoms. The lowest BCUT2D eigenvalue weighted by Gasteiger charge is -2.26. The van der Waals surface area contributed by atoms with Crippen molar-refractivity contribution in [2.45, 2.75) is 36.9 Å². The molecule has 1 saturated carbocycles. The van der Waals surface area contributed by atoms with Crippen molar-refractivity contribution >= 4 is 31.9 Å². The largest absolute Gasteiger partial charge is 0.206 e. The van der Waals surface area contributed by atoms with Crippen LogP contribution in [-0.2, 0) is 0 Å². The third kappa shape index (κ3) is 2.86. The summed E-state index contributed by atoms with van der Waals surface area (Å²) in [6.45, 7) is 0. The van der Waals surface area contributed by atoms with Crippen LogP contribution in [0.4, 0.5) is 4.39 Å². The van der Waals surface area contributed by atoms with Crippen LogP contribution in [0, 0.1) is 11.7 Å². The molecule has 0 nitrogen and oxygen atoms in total. The van der Waals surface area contributed by atoms with Crippen LogP contribution in [0.25, 0.3) is 0 Å². The molecule has 2 rings (SSSR count). The van der Waals surface area contributed by atoms with Crippen molar-refractivity contribution in [2.75, 3.05) is 0 Å². The second kappa shape index (κ2) is 5.63. The summed E-state index contributed by atoms with van der Waals surface area (Å²) in [5.41, 5.74) is 1.18. The predicted molar refractivity (Wildman–Crippen MR) is 72.3 cm³/mol. The summed E-state index contributed by atoms with van der Waals surface area (Å²) in [6.07, 6.45) is 6.59. The summed E-state index contributed by atoms with van der Waals surface area (Å²) in [5, 5.41) is 0. The monoisotopic (exact) mass is 348 g/mol. The smallest absolute Gasteiger partial charge is 0.137 e. The maximum absolute atomic E-state index is 13.1. The zero-order valence-corrected chi connectivity index (χ0v) is 12.2. The van der Waals surface area contributed by atoms with Gasteiger partial charge in [-0.1, -0.05) is 41.3 Å². The van der Waals surface area contributed by atoms with E-state index >= 15 is 0 Å². The zero-order valence-electron chi connectivity index (χ0n) is 9.06. The van der Waals surface area contributed by atoms with Crippen LogP contribution in [-0.4, -0.2) is 0 Å². The molecule has 0 saturated heterocycles. The molecule has 0 amide bonds. The molecule has 1 aromatic rings. The Kier molecular flexibility index (Phi) is 4.42. The minimum Gasteiger partial charge on any atom is -0.206 e. The first-order chi connectivity index (χ1) is 7.68. The Morgan fingerprint density at radius 2 is 1.88 bits per heavy atom. The van der Waals surface area contributed by atoms with Crippen LogP contribution in [0.15, 0.2) is 22.7 Å². The number of benzene rings is 1. The predicted octanol–water partition coefficient (Wildman–Crippen LogP) is 5.60. The topological polar surface area (TPSA) is 0 Å². The molecule has 1 aliphatic carbocycles. The van der Waals surface area contributed by atoms with E-state index in [4.69, 9.17) is 0 Å². The lowest BCUT2D eigenvalue weighted by Crippen LogP contribution is -2.11. The number of hydrogen-bond acceptors (Lipinski definition) is 0. The van der Waals surface area contributed by atoms with Gasteiger partial charge >= 0.3 is 0 Å². The van der Waals surface area contributed by atoms with Crippen molar-refractivity contribution in [3.63, 3.8) is 0 Å². The highest BCUT2D eigenvalue weighted by Crippen LogP contribution is 2.40. The van der Waals surface area contributed by atoms with E-state index in [0.29, 0.717) is 15.2 Å². The summed E-state index contributed by atoms with van der Waals surface area (Å²) in [7, 11) is 0. The van der Waals surface area contributed by atoms with Crippen molar-refractivity contribution in [1.82, 2.24) is 0 Å². The van der Waals surface area contributed by atoms with Crippen LogP contribution in [0.5, 0.6) is 0 Å². The average molecular weight is 350 g/mol. The fraction of sp³-hybridized carbons (Fsp3) is 0.538. The van der Waals surface area contributed by atoms with Gasteiger partial charge in [-0.05, 0) is 52.4 Å². The molecule has 0 heterocycles. The fourth-order valence-electron chi connectivity index (χ4n) is 2.38. The van der Waals surface area contributed by atoms with Gasteiger partial charge in [0.2, 0.25) is 0 Å². The van der Waals surface area contributed by atoms with Crippen molar-refractivity contribution in [3.8, 4) is 0 Å². The lowest BCUT2D eigenvalue weighted by atomic mass is 9.85. The highest BCUT2D eigenvalue weighted by Gasteiger charge is 2.23. The molecular weight excluding hydrogens is 335 g/mol. The van der Waals surface area contributed by atoms with E-state index in [1.807, 2.05) is 12.1 Å². The minimum absolute atomic E-state index is 0.188. The number of hydrogen-bond donors (Lipinski definition) is 0. The third-order valence-electron chi connectivity index (χ3n) is 3.33. The Bertz CT molecular complexity index is 359.